The average molecular weight is 368 g/mol. The summed E-state index contributed by atoms with van der Waals surface area (Å²) in [5.74, 6) is -1.42. The largest absolute Gasteiger partial charge is 0.479 e. The second-order valence-corrected chi connectivity index (χ2v) is 6.44. The summed E-state index contributed by atoms with van der Waals surface area (Å²) in [6, 6.07) is 4.43. The zero-order valence-corrected chi connectivity index (χ0v) is 14.3. The molecule has 0 bridgehead atoms. The molecule has 2 heterocycles. The quantitative estimate of drug-likeness (QED) is 0.835. The van der Waals surface area contributed by atoms with Crippen LogP contribution in [0.4, 0.5) is 10.5 Å². The summed E-state index contributed by atoms with van der Waals surface area (Å²) in [5.41, 5.74) is 0.802. The number of anilines is 1. The van der Waals surface area contributed by atoms with Crippen molar-refractivity contribution >= 4 is 35.2 Å². The van der Waals surface area contributed by atoms with Crippen LogP contribution >= 0.6 is 11.6 Å². The van der Waals surface area contributed by atoms with Crippen molar-refractivity contribution in [3.63, 3.8) is 0 Å². The second kappa shape index (κ2) is 6.89. The predicted octanol–water partition coefficient (Wildman–Crippen LogP) is 1.18. The Hall–Kier alpha value is -2.32. The topological polar surface area (TPSA) is 99.2 Å². The van der Waals surface area contributed by atoms with E-state index in [0.29, 0.717) is 35.9 Å². The molecule has 0 saturated carbocycles. The van der Waals surface area contributed by atoms with Crippen molar-refractivity contribution in [2.24, 2.45) is 0 Å². The SMILES string of the molecule is C[C@@H]1CN(C(=O)c2ccc(Cl)c(N3CCNC3=O)c2)CC(C(=O)O)O1. The number of hydrogen-bond acceptors (Lipinski definition) is 4. The van der Waals surface area contributed by atoms with Crippen LogP contribution in [0.15, 0.2) is 18.2 Å². The molecule has 8 nitrogen and oxygen atoms in total. The van der Waals surface area contributed by atoms with Gasteiger partial charge in [0.25, 0.3) is 5.91 Å². The van der Waals surface area contributed by atoms with Crippen LogP contribution in [-0.2, 0) is 9.53 Å². The van der Waals surface area contributed by atoms with E-state index in [1.165, 1.54) is 9.80 Å². The van der Waals surface area contributed by atoms with E-state index in [0.717, 1.165) is 0 Å². The van der Waals surface area contributed by atoms with E-state index in [4.69, 9.17) is 21.4 Å². The summed E-state index contributed by atoms with van der Waals surface area (Å²) in [4.78, 5) is 38.7. The van der Waals surface area contributed by atoms with Crippen LogP contribution < -0.4 is 10.2 Å². The van der Waals surface area contributed by atoms with Crippen LogP contribution in [0.3, 0.4) is 0 Å². The Morgan fingerprint density at radius 1 is 1.36 bits per heavy atom. The van der Waals surface area contributed by atoms with E-state index in [1.807, 2.05) is 0 Å². The predicted molar refractivity (Wildman–Crippen MR) is 90.1 cm³/mol. The highest BCUT2D eigenvalue weighted by atomic mass is 35.5. The number of carboxylic acid groups (broad SMARTS) is 1. The molecule has 2 aliphatic rings. The molecule has 0 radical (unpaired) electrons. The highest BCUT2D eigenvalue weighted by molar-refractivity contribution is 6.34. The summed E-state index contributed by atoms with van der Waals surface area (Å²) in [7, 11) is 0. The molecule has 1 aromatic carbocycles. The molecule has 2 aliphatic heterocycles. The zero-order chi connectivity index (χ0) is 18.1. The average Bonchev–Trinajstić information content (AvgIpc) is 3.00. The lowest BCUT2D eigenvalue weighted by atomic mass is 10.1. The van der Waals surface area contributed by atoms with Gasteiger partial charge in [0.1, 0.15) is 0 Å². The number of nitrogens with zero attached hydrogens (tertiary/aromatic N) is 2. The molecular formula is C16H18ClN3O5. The number of carboxylic acids is 1. The van der Waals surface area contributed by atoms with Crippen LogP contribution in [0.25, 0.3) is 0 Å². The summed E-state index contributed by atoms with van der Waals surface area (Å²) in [6.07, 6.45) is -1.43. The first kappa shape index (κ1) is 17.5. The molecule has 2 N–H and O–H groups in total. The first-order valence-corrected chi connectivity index (χ1v) is 8.27. The van der Waals surface area contributed by atoms with Gasteiger partial charge in [-0.1, -0.05) is 11.6 Å². The molecule has 0 aromatic heterocycles. The number of carbonyl (C=O) groups excluding carboxylic acids is 2. The van der Waals surface area contributed by atoms with Gasteiger partial charge in [0, 0.05) is 25.2 Å². The fourth-order valence-electron chi connectivity index (χ4n) is 2.99. The molecule has 2 fully saturated rings. The number of hydrogen-bond donors (Lipinski definition) is 2. The van der Waals surface area contributed by atoms with Crippen molar-refractivity contribution in [3.05, 3.63) is 28.8 Å². The fraction of sp³-hybridized carbons (Fsp3) is 0.438. The Labute approximate surface area is 149 Å². The van der Waals surface area contributed by atoms with Gasteiger partial charge in [-0.25, -0.2) is 9.59 Å². The molecule has 1 aromatic rings. The molecule has 0 spiro atoms. The number of carbonyl (C=O) groups is 3. The van der Waals surface area contributed by atoms with E-state index >= 15 is 0 Å². The summed E-state index contributed by atoms with van der Waals surface area (Å²) in [5, 5.41) is 12.2. The monoisotopic (exact) mass is 367 g/mol. The fourth-order valence-corrected chi connectivity index (χ4v) is 3.21. The molecule has 1 unspecified atom stereocenters. The van der Waals surface area contributed by atoms with E-state index < -0.39 is 12.1 Å². The van der Waals surface area contributed by atoms with Gasteiger partial charge in [-0.15, -0.1) is 0 Å². The number of benzene rings is 1. The maximum absolute atomic E-state index is 12.8. The molecule has 9 heteroatoms. The lowest BCUT2D eigenvalue weighted by Gasteiger charge is -2.35. The Balaban J connectivity index is 1.84. The number of rotatable bonds is 3. The number of nitrogens with one attached hydrogen (secondary N) is 1. The van der Waals surface area contributed by atoms with Crippen LogP contribution in [0.1, 0.15) is 17.3 Å². The minimum absolute atomic E-state index is 0.0271. The Kier molecular flexibility index (Phi) is 4.82. The molecule has 134 valence electrons. The summed E-state index contributed by atoms with van der Waals surface area (Å²) < 4.78 is 5.33. The Bertz CT molecular complexity index is 726. The van der Waals surface area contributed by atoms with Gasteiger partial charge in [0.15, 0.2) is 6.10 Å². The van der Waals surface area contributed by atoms with E-state index in [2.05, 4.69) is 5.32 Å². The summed E-state index contributed by atoms with van der Waals surface area (Å²) >= 11 is 6.18. The first-order valence-electron chi connectivity index (χ1n) is 7.89. The van der Waals surface area contributed by atoms with Crippen LogP contribution in [0.5, 0.6) is 0 Å². The van der Waals surface area contributed by atoms with E-state index in [-0.39, 0.29) is 24.6 Å². The summed E-state index contributed by atoms with van der Waals surface area (Å²) in [6.45, 7) is 2.96. The van der Waals surface area contributed by atoms with Gasteiger partial charge in [-0.05, 0) is 25.1 Å². The van der Waals surface area contributed by atoms with Gasteiger partial charge in [0.05, 0.1) is 23.4 Å². The molecule has 3 amide bonds. The first-order chi connectivity index (χ1) is 11.9. The number of morpholine rings is 1. The van der Waals surface area contributed by atoms with Crippen molar-refractivity contribution in [2.75, 3.05) is 31.1 Å². The number of halogens is 1. The molecule has 2 atom stereocenters. The smallest absolute Gasteiger partial charge is 0.334 e. The second-order valence-electron chi connectivity index (χ2n) is 6.03. The highest BCUT2D eigenvalue weighted by Gasteiger charge is 2.33. The van der Waals surface area contributed by atoms with Gasteiger partial charge in [-0.2, -0.15) is 0 Å². The third-order valence-electron chi connectivity index (χ3n) is 4.16. The van der Waals surface area contributed by atoms with Crippen LogP contribution in [0, 0.1) is 0 Å². The van der Waals surface area contributed by atoms with Crippen molar-refractivity contribution in [1.82, 2.24) is 10.2 Å². The third kappa shape index (κ3) is 3.54. The minimum Gasteiger partial charge on any atom is -0.479 e. The van der Waals surface area contributed by atoms with Crippen molar-refractivity contribution in [3.8, 4) is 0 Å². The lowest BCUT2D eigenvalue weighted by Crippen LogP contribution is -2.51. The highest BCUT2D eigenvalue weighted by Crippen LogP contribution is 2.29. The van der Waals surface area contributed by atoms with Crippen molar-refractivity contribution in [2.45, 2.75) is 19.1 Å². The van der Waals surface area contributed by atoms with Crippen LogP contribution in [0.2, 0.25) is 5.02 Å². The molecule has 0 aliphatic carbocycles. The van der Waals surface area contributed by atoms with Gasteiger partial charge in [-0.3, -0.25) is 9.69 Å². The normalized spacial score (nSPS) is 23.5. The van der Waals surface area contributed by atoms with Crippen molar-refractivity contribution in [1.29, 1.82) is 0 Å². The maximum atomic E-state index is 12.8. The molecule has 3 rings (SSSR count). The number of amides is 3. The maximum Gasteiger partial charge on any atom is 0.334 e. The van der Waals surface area contributed by atoms with Crippen molar-refractivity contribution < 1.29 is 24.2 Å². The lowest BCUT2D eigenvalue weighted by molar-refractivity contribution is -0.160. The number of ether oxygens (including phenoxy) is 1. The van der Waals surface area contributed by atoms with Gasteiger partial charge in [0.2, 0.25) is 0 Å². The Morgan fingerprint density at radius 3 is 2.76 bits per heavy atom. The van der Waals surface area contributed by atoms with E-state index in [9.17, 15) is 14.4 Å². The number of aliphatic carboxylic acids is 1. The van der Waals surface area contributed by atoms with Crippen LogP contribution in [-0.4, -0.2) is 66.3 Å². The zero-order valence-electron chi connectivity index (χ0n) is 13.6. The third-order valence-corrected chi connectivity index (χ3v) is 4.48. The molecular weight excluding hydrogens is 350 g/mol. The molecule has 2 saturated heterocycles. The minimum atomic E-state index is -1.10. The van der Waals surface area contributed by atoms with E-state index in [1.54, 1.807) is 25.1 Å². The standard InChI is InChI=1S/C16H18ClN3O5/c1-9-7-19(8-13(25-9)15(22)23)14(21)10-2-3-11(17)12(6-10)20-5-4-18-16(20)24/h2-3,6,9,13H,4-5,7-8H2,1H3,(H,18,24)(H,22,23)/t9-,13?/m1/s1. The molecule has 25 heavy (non-hydrogen) atoms. The van der Waals surface area contributed by atoms with Gasteiger partial charge < -0.3 is 20.1 Å². The van der Waals surface area contributed by atoms with Gasteiger partial charge >= 0.3 is 12.0 Å². The number of urea groups is 1. The Morgan fingerprint density at radius 2 is 2.12 bits per heavy atom.